The topological polar surface area (TPSA) is 71.3 Å². The molecule has 0 bridgehead atoms. The van der Waals surface area contributed by atoms with Crippen molar-refractivity contribution in [2.45, 2.75) is 13.5 Å². The maximum Gasteiger partial charge on any atom is 0.266 e. The average Bonchev–Trinajstić information content (AvgIpc) is 2.79. The average molecular weight is 581 g/mol. The van der Waals surface area contributed by atoms with Crippen LogP contribution in [0.2, 0.25) is 15.1 Å². The lowest BCUT2D eigenvalue weighted by Gasteiger charge is -2.14. The van der Waals surface area contributed by atoms with Crippen molar-refractivity contribution in [3.63, 3.8) is 0 Å². The van der Waals surface area contributed by atoms with Crippen LogP contribution in [0, 0.1) is 18.3 Å². The Bertz CT molecular complexity index is 1320. The molecular formula is C25H18BrCl3N2O3. The number of rotatable bonds is 7. The first kappa shape index (κ1) is 25.9. The summed E-state index contributed by atoms with van der Waals surface area (Å²) < 4.78 is 12.0. The van der Waals surface area contributed by atoms with Gasteiger partial charge in [-0.05, 0) is 76.5 Å². The van der Waals surface area contributed by atoms with Crippen molar-refractivity contribution in [3.8, 4) is 17.6 Å². The van der Waals surface area contributed by atoms with Gasteiger partial charge in [-0.15, -0.1) is 0 Å². The molecule has 5 nitrogen and oxygen atoms in total. The third kappa shape index (κ3) is 6.46. The Morgan fingerprint density at radius 2 is 1.82 bits per heavy atom. The van der Waals surface area contributed by atoms with Gasteiger partial charge in [-0.2, -0.15) is 5.26 Å². The number of nitriles is 1. The fourth-order valence-corrected chi connectivity index (χ4v) is 4.19. The Morgan fingerprint density at radius 1 is 1.12 bits per heavy atom. The largest absolute Gasteiger partial charge is 0.493 e. The standard InChI is InChI=1S/C25H18BrCl3N2O3/c1-14-3-5-19(28)11-22(14)31-25(32)17(12-30)7-15-8-20(26)24(23(9-15)33-2)34-13-16-4-6-18(27)10-21(16)29/h3-11H,13H2,1-2H3,(H,31,32)/b17-7+. The van der Waals surface area contributed by atoms with Crippen LogP contribution in [0.3, 0.4) is 0 Å². The molecule has 1 amide bonds. The summed E-state index contributed by atoms with van der Waals surface area (Å²) in [6.45, 7) is 2.02. The summed E-state index contributed by atoms with van der Waals surface area (Å²) in [5.41, 5.74) is 2.58. The molecule has 0 aliphatic rings. The fraction of sp³-hybridized carbons (Fsp3) is 0.120. The fourth-order valence-electron chi connectivity index (χ4n) is 2.99. The molecule has 9 heteroatoms. The first-order valence-electron chi connectivity index (χ1n) is 9.85. The van der Waals surface area contributed by atoms with E-state index in [2.05, 4.69) is 21.2 Å². The Kier molecular flexibility index (Phi) is 8.87. The van der Waals surface area contributed by atoms with Crippen LogP contribution in [-0.2, 0) is 11.4 Å². The predicted molar refractivity (Wildman–Crippen MR) is 140 cm³/mol. The lowest BCUT2D eigenvalue weighted by Crippen LogP contribution is -2.14. The summed E-state index contributed by atoms with van der Waals surface area (Å²) in [4.78, 5) is 12.7. The van der Waals surface area contributed by atoms with Gasteiger partial charge < -0.3 is 14.8 Å². The van der Waals surface area contributed by atoms with Gasteiger partial charge in [0.2, 0.25) is 0 Å². The highest BCUT2D eigenvalue weighted by Crippen LogP contribution is 2.38. The Labute approximate surface area is 221 Å². The van der Waals surface area contributed by atoms with Gasteiger partial charge in [-0.1, -0.05) is 46.9 Å². The van der Waals surface area contributed by atoms with E-state index in [1.165, 1.54) is 13.2 Å². The van der Waals surface area contributed by atoms with Crippen molar-refractivity contribution in [2.75, 3.05) is 12.4 Å². The highest BCUT2D eigenvalue weighted by atomic mass is 79.9. The second-order valence-electron chi connectivity index (χ2n) is 7.14. The number of aryl methyl sites for hydroxylation is 1. The van der Waals surface area contributed by atoms with Crippen molar-refractivity contribution in [2.24, 2.45) is 0 Å². The summed E-state index contributed by atoms with van der Waals surface area (Å²) in [5, 5.41) is 13.8. The van der Waals surface area contributed by atoms with Crippen LogP contribution in [0.15, 0.2) is 58.6 Å². The maximum atomic E-state index is 12.7. The lowest BCUT2D eigenvalue weighted by molar-refractivity contribution is -0.112. The molecule has 34 heavy (non-hydrogen) atoms. The molecule has 0 spiro atoms. The molecule has 174 valence electrons. The molecule has 0 heterocycles. The maximum absolute atomic E-state index is 12.7. The number of carbonyl (C=O) groups excluding carboxylic acids is 1. The molecule has 0 fully saturated rings. The Morgan fingerprint density at radius 3 is 2.50 bits per heavy atom. The van der Waals surface area contributed by atoms with Crippen LogP contribution >= 0.6 is 50.7 Å². The quantitative estimate of drug-likeness (QED) is 0.228. The van der Waals surface area contributed by atoms with Crippen molar-refractivity contribution >= 4 is 68.4 Å². The molecule has 3 aromatic rings. The smallest absolute Gasteiger partial charge is 0.266 e. The summed E-state index contributed by atoms with van der Waals surface area (Å²) >= 11 is 21.7. The molecule has 0 aliphatic heterocycles. The Hall–Kier alpha value is -2.69. The zero-order valence-corrected chi connectivity index (χ0v) is 21.9. The molecule has 3 aromatic carbocycles. The van der Waals surface area contributed by atoms with E-state index in [1.54, 1.807) is 48.5 Å². The summed E-state index contributed by atoms with van der Waals surface area (Å²) in [7, 11) is 1.50. The molecule has 1 N–H and O–H groups in total. The second-order valence-corrected chi connectivity index (χ2v) is 9.28. The second kappa shape index (κ2) is 11.6. The van der Waals surface area contributed by atoms with Crippen LogP contribution in [0.5, 0.6) is 11.5 Å². The normalized spacial score (nSPS) is 11.0. The van der Waals surface area contributed by atoms with Gasteiger partial charge >= 0.3 is 0 Å². The third-order valence-corrected chi connectivity index (χ3v) is 6.17. The molecule has 3 rings (SSSR count). The van der Waals surface area contributed by atoms with Crippen LogP contribution in [0.1, 0.15) is 16.7 Å². The number of hydrogen-bond donors (Lipinski definition) is 1. The van der Waals surface area contributed by atoms with Crippen molar-refractivity contribution in [1.29, 1.82) is 5.26 Å². The summed E-state index contributed by atoms with van der Waals surface area (Å²) in [5.74, 6) is 0.304. The summed E-state index contributed by atoms with van der Waals surface area (Å²) in [6, 6.07) is 15.6. The van der Waals surface area contributed by atoms with E-state index in [4.69, 9.17) is 44.3 Å². The first-order chi connectivity index (χ1) is 16.2. The number of anilines is 1. The molecule has 0 aromatic heterocycles. The number of nitrogens with one attached hydrogen (secondary N) is 1. The van der Waals surface area contributed by atoms with Gasteiger partial charge in [0.15, 0.2) is 11.5 Å². The number of methoxy groups -OCH3 is 1. The number of hydrogen-bond acceptors (Lipinski definition) is 4. The van der Waals surface area contributed by atoms with E-state index >= 15 is 0 Å². The van der Waals surface area contributed by atoms with E-state index in [1.807, 2.05) is 13.0 Å². The van der Waals surface area contributed by atoms with E-state index < -0.39 is 5.91 Å². The minimum absolute atomic E-state index is 0.0880. The number of halogens is 4. The summed E-state index contributed by atoms with van der Waals surface area (Å²) in [6.07, 6.45) is 1.46. The van der Waals surface area contributed by atoms with Crippen LogP contribution < -0.4 is 14.8 Å². The van der Waals surface area contributed by atoms with Gasteiger partial charge in [0, 0.05) is 26.3 Å². The highest BCUT2D eigenvalue weighted by Gasteiger charge is 2.15. The van der Waals surface area contributed by atoms with Crippen LogP contribution in [-0.4, -0.2) is 13.0 Å². The highest BCUT2D eigenvalue weighted by molar-refractivity contribution is 9.10. The van der Waals surface area contributed by atoms with Crippen molar-refractivity contribution in [3.05, 3.63) is 90.3 Å². The molecule has 0 unspecified atom stereocenters. The van der Waals surface area contributed by atoms with Gasteiger partial charge in [-0.25, -0.2) is 0 Å². The molecule has 0 radical (unpaired) electrons. The van der Waals surface area contributed by atoms with Gasteiger partial charge in [-0.3, -0.25) is 4.79 Å². The number of benzene rings is 3. The first-order valence-corrected chi connectivity index (χ1v) is 11.8. The van der Waals surface area contributed by atoms with E-state index in [-0.39, 0.29) is 12.2 Å². The zero-order chi connectivity index (χ0) is 24.8. The number of amides is 1. The van der Waals surface area contributed by atoms with Gasteiger partial charge in [0.1, 0.15) is 18.2 Å². The molecular weight excluding hydrogens is 563 g/mol. The molecule has 0 saturated carbocycles. The molecule has 0 aliphatic carbocycles. The number of ether oxygens (including phenoxy) is 2. The van der Waals surface area contributed by atoms with E-state index in [0.29, 0.717) is 42.3 Å². The van der Waals surface area contributed by atoms with Crippen molar-refractivity contribution in [1.82, 2.24) is 0 Å². The van der Waals surface area contributed by atoms with Crippen LogP contribution in [0.4, 0.5) is 5.69 Å². The third-order valence-electron chi connectivity index (χ3n) is 4.76. The zero-order valence-electron chi connectivity index (χ0n) is 18.1. The van der Waals surface area contributed by atoms with Gasteiger partial charge in [0.25, 0.3) is 5.91 Å². The minimum atomic E-state index is -0.555. The SMILES string of the molecule is COc1cc(/C=C(\C#N)C(=O)Nc2cc(Cl)ccc2C)cc(Br)c1OCc1ccc(Cl)cc1Cl. The monoisotopic (exact) mass is 578 g/mol. The van der Waals surface area contributed by atoms with E-state index in [9.17, 15) is 10.1 Å². The van der Waals surface area contributed by atoms with E-state index in [0.717, 1.165) is 11.1 Å². The van der Waals surface area contributed by atoms with Crippen molar-refractivity contribution < 1.29 is 14.3 Å². The number of carbonyl (C=O) groups is 1. The number of nitrogens with zero attached hydrogens (tertiary/aromatic N) is 1. The lowest BCUT2D eigenvalue weighted by atomic mass is 10.1. The predicted octanol–water partition coefficient (Wildman–Crippen LogP) is 7.85. The minimum Gasteiger partial charge on any atom is -0.493 e. The molecule has 0 atom stereocenters. The molecule has 0 saturated heterocycles. The Balaban J connectivity index is 1.84. The van der Waals surface area contributed by atoms with Gasteiger partial charge in [0.05, 0.1) is 11.6 Å². The van der Waals surface area contributed by atoms with Crippen LogP contribution in [0.25, 0.3) is 6.08 Å².